The molecular weight excluding hydrogens is 208 g/mol. The van der Waals surface area contributed by atoms with Crippen molar-refractivity contribution in [2.24, 2.45) is 0 Å². The number of fused-ring (bicyclic) bond motifs is 1. The summed E-state index contributed by atoms with van der Waals surface area (Å²) in [7, 11) is 0. The number of aromatic carboxylic acids is 1. The number of benzene rings is 1. The minimum atomic E-state index is -0.931. The van der Waals surface area contributed by atoms with Crippen molar-refractivity contribution in [1.29, 1.82) is 0 Å². The lowest BCUT2D eigenvalue weighted by atomic mass is 10.2. The Morgan fingerprint density at radius 1 is 1.46 bits per heavy atom. The molecule has 0 atom stereocenters. The summed E-state index contributed by atoms with van der Waals surface area (Å²) in [5, 5.41) is 11.6. The molecule has 0 bridgehead atoms. The van der Waals surface area contributed by atoms with E-state index in [4.69, 9.17) is 16.7 Å². The number of carboxylic acids is 1. The van der Waals surface area contributed by atoms with E-state index < -0.39 is 5.97 Å². The van der Waals surface area contributed by atoms with Crippen molar-refractivity contribution in [3.05, 3.63) is 34.2 Å². The van der Waals surface area contributed by atoms with Crippen LogP contribution in [0.5, 0.6) is 0 Å². The number of hydrogen-bond donors (Lipinski definition) is 1. The van der Waals surface area contributed by atoms with Gasteiger partial charge in [0.15, 0.2) is 0 Å². The third kappa shape index (κ3) is 1.30. The molecule has 0 radical (unpaired) electrons. The third-order valence-corrected chi connectivity index (χ3v) is 3.04. The van der Waals surface area contributed by atoms with Crippen molar-refractivity contribution in [3.8, 4) is 0 Å². The minimum absolute atomic E-state index is 0.283. The largest absolute Gasteiger partial charge is 0.478 e. The highest BCUT2D eigenvalue weighted by molar-refractivity contribution is 7.17. The molecule has 1 heterocycles. The lowest BCUT2D eigenvalue weighted by molar-refractivity contribution is 0.0699. The smallest absolute Gasteiger partial charge is 0.337 e. The highest BCUT2D eigenvalue weighted by atomic mass is 35.5. The highest BCUT2D eigenvalue weighted by Crippen LogP contribution is 2.31. The van der Waals surface area contributed by atoms with E-state index in [0.717, 1.165) is 4.70 Å². The highest BCUT2D eigenvalue weighted by Gasteiger charge is 2.12. The predicted octanol–water partition coefficient (Wildman–Crippen LogP) is 3.25. The fourth-order valence-corrected chi connectivity index (χ4v) is 2.49. The van der Waals surface area contributed by atoms with Crippen molar-refractivity contribution in [1.82, 2.24) is 0 Å². The van der Waals surface area contributed by atoms with Gasteiger partial charge in [0, 0.05) is 15.5 Å². The summed E-state index contributed by atoms with van der Waals surface area (Å²) < 4.78 is 0.907. The fourth-order valence-electron chi connectivity index (χ4n) is 1.20. The lowest BCUT2D eigenvalue weighted by Crippen LogP contribution is -1.93. The summed E-state index contributed by atoms with van der Waals surface area (Å²) in [5.41, 5.74) is 0.283. The maximum Gasteiger partial charge on any atom is 0.337 e. The van der Waals surface area contributed by atoms with Crippen molar-refractivity contribution >= 4 is 39.0 Å². The molecule has 1 aromatic heterocycles. The van der Waals surface area contributed by atoms with Gasteiger partial charge < -0.3 is 5.11 Å². The summed E-state index contributed by atoms with van der Waals surface area (Å²) in [5.74, 6) is -0.931. The number of carbonyl (C=O) groups is 1. The van der Waals surface area contributed by atoms with Gasteiger partial charge in [0.05, 0.1) is 10.6 Å². The standard InChI is InChI=1S/C9H5ClO2S/c10-6-2-1-3-7-8(6)5(4-13-7)9(11)12/h1-4H,(H,11,12). The van der Waals surface area contributed by atoms with Crippen LogP contribution in [0.25, 0.3) is 10.1 Å². The van der Waals surface area contributed by atoms with Gasteiger partial charge in [0.25, 0.3) is 0 Å². The zero-order valence-corrected chi connectivity index (χ0v) is 8.02. The molecule has 1 N–H and O–H groups in total. The first-order valence-corrected chi connectivity index (χ1v) is 4.85. The molecular formula is C9H5ClO2S. The first-order chi connectivity index (χ1) is 6.20. The van der Waals surface area contributed by atoms with Crippen LogP contribution >= 0.6 is 22.9 Å². The van der Waals surface area contributed by atoms with Crippen LogP contribution in [-0.4, -0.2) is 11.1 Å². The molecule has 2 nitrogen and oxygen atoms in total. The molecule has 0 saturated heterocycles. The molecule has 66 valence electrons. The van der Waals surface area contributed by atoms with Crippen LogP contribution < -0.4 is 0 Å². The van der Waals surface area contributed by atoms with E-state index in [1.54, 1.807) is 11.4 Å². The van der Waals surface area contributed by atoms with E-state index in [1.807, 2.05) is 12.1 Å². The fraction of sp³-hybridized carbons (Fsp3) is 0. The molecule has 13 heavy (non-hydrogen) atoms. The first-order valence-electron chi connectivity index (χ1n) is 3.59. The SMILES string of the molecule is O=C(O)c1csc2cccc(Cl)c12. The molecule has 1 aromatic carbocycles. The van der Waals surface area contributed by atoms with Crippen LogP contribution in [-0.2, 0) is 0 Å². The van der Waals surface area contributed by atoms with Gasteiger partial charge in [-0.2, -0.15) is 0 Å². The molecule has 2 aromatic rings. The summed E-state index contributed by atoms with van der Waals surface area (Å²) in [6, 6.07) is 5.37. The summed E-state index contributed by atoms with van der Waals surface area (Å²) >= 11 is 7.28. The normalized spacial score (nSPS) is 10.5. The van der Waals surface area contributed by atoms with E-state index in [1.165, 1.54) is 11.3 Å². The van der Waals surface area contributed by atoms with Crippen LogP contribution in [0.1, 0.15) is 10.4 Å². The maximum absolute atomic E-state index is 10.8. The van der Waals surface area contributed by atoms with Crippen LogP contribution in [0.3, 0.4) is 0 Å². The van der Waals surface area contributed by atoms with E-state index in [0.29, 0.717) is 10.4 Å². The molecule has 4 heteroatoms. The molecule has 0 spiro atoms. The van der Waals surface area contributed by atoms with Gasteiger partial charge in [-0.1, -0.05) is 17.7 Å². The zero-order valence-electron chi connectivity index (χ0n) is 6.45. The monoisotopic (exact) mass is 212 g/mol. The molecule has 0 unspecified atom stereocenters. The van der Waals surface area contributed by atoms with Crippen LogP contribution in [0.4, 0.5) is 0 Å². The Balaban J connectivity index is 2.86. The Bertz CT molecular complexity index is 475. The maximum atomic E-state index is 10.8. The quantitative estimate of drug-likeness (QED) is 0.788. The number of halogens is 1. The van der Waals surface area contributed by atoms with Crippen molar-refractivity contribution in [2.45, 2.75) is 0 Å². The second-order valence-electron chi connectivity index (χ2n) is 2.57. The van der Waals surface area contributed by atoms with Gasteiger partial charge in [0.1, 0.15) is 0 Å². The molecule has 0 aliphatic heterocycles. The van der Waals surface area contributed by atoms with Gasteiger partial charge in [0.2, 0.25) is 0 Å². The number of hydrogen-bond acceptors (Lipinski definition) is 2. The van der Waals surface area contributed by atoms with E-state index in [9.17, 15) is 4.79 Å². The molecule has 2 rings (SSSR count). The zero-order chi connectivity index (χ0) is 9.42. The van der Waals surface area contributed by atoms with Gasteiger partial charge in [-0.3, -0.25) is 0 Å². The second kappa shape index (κ2) is 3.01. The molecule has 0 saturated carbocycles. The van der Waals surface area contributed by atoms with Crippen LogP contribution in [0, 0.1) is 0 Å². The summed E-state index contributed by atoms with van der Waals surface area (Å²) in [4.78, 5) is 10.8. The average molecular weight is 213 g/mol. The molecule has 0 amide bonds. The number of rotatable bonds is 1. The van der Waals surface area contributed by atoms with Gasteiger partial charge in [-0.15, -0.1) is 11.3 Å². The topological polar surface area (TPSA) is 37.3 Å². The van der Waals surface area contributed by atoms with Crippen molar-refractivity contribution in [3.63, 3.8) is 0 Å². The third-order valence-electron chi connectivity index (χ3n) is 1.78. The Kier molecular flexibility index (Phi) is 1.98. The predicted molar refractivity (Wildman–Crippen MR) is 53.8 cm³/mol. The molecule has 0 aliphatic rings. The van der Waals surface area contributed by atoms with Crippen LogP contribution in [0.2, 0.25) is 5.02 Å². The number of thiophene rings is 1. The minimum Gasteiger partial charge on any atom is -0.478 e. The van der Waals surface area contributed by atoms with E-state index >= 15 is 0 Å². The van der Waals surface area contributed by atoms with Crippen molar-refractivity contribution in [2.75, 3.05) is 0 Å². The Labute approximate surface area is 83.4 Å². The first kappa shape index (κ1) is 8.53. The average Bonchev–Trinajstić information content (AvgIpc) is 2.49. The summed E-state index contributed by atoms with van der Waals surface area (Å²) in [6.07, 6.45) is 0. The van der Waals surface area contributed by atoms with Gasteiger partial charge in [-0.05, 0) is 12.1 Å². The van der Waals surface area contributed by atoms with E-state index in [2.05, 4.69) is 0 Å². The van der Waals surface area contributed by atoms with Crippen LogP contribution in [0.15, 0.2) is 23.6 Å². The Morgan fingerprint density at radius 2 is 2.23 bits per heavy atom. The Morgan fingerprint density at radius 3 is 2.92 bits per heavy atom. The second-order valence-corrected chi connectivity index (χ2v) is 3.89. The lowest BCUT2D eigenvalue weighted by Gasteiger charge is -1.94. The van der Waals surface area contributed by atoms with Gasteiger partial charge in [-0.25, -0.2) is 4.79 Å². The van der Waals surface area contributed by atoms with Gasteiger partial charge >= 0.3 is 5.97 Å². The molecule has 0 aliphatic carbocycles. The van der Waals surface area contributed by atoms with Crippen molar-refractivity contribution < 1.29 is 9.90 Å². The number of carboxylic acid groups (broad SMARTS) is 1. The molecule has 0 fully saturated rings. The summed E-state index contributed by atoms with van der Waals surface area (Å²) in [6.45, 7) is 0. The Hall–Kier alpha value is -1.06. The van der Waals surface area contributed by atoms with E-state index in [-0.39, 0.29) is 5.56 Å².